The zero-order valence-electron chi connectivity index (χ0n) is 7.76. The summed E-state index contributed by atoms with van der Waals surface area (Å²) in [7, 11) is 0. The molecule has 0 amide bonds. The third-order valence-electron chi connectivity index (χ3n) is 1.90. The fourth-order valence-corrected chi connectivity index (χ4v) is 1.32. The van der Waals surface area contributed by atoms with Gasteiger partial charge in [0, 0.05) is 5.69 Å². The topological polar surface area (TPSA) is 12.9 Å². The molecule has 0 unspecified atom stereocenters. The molecule has 1 heterocycles. The molecule has 0 saturated carbocycles. The van der Waals surface area contributed by atoms with E-state index in [0.29, 0.717) is 11.1 Å². The van der Waals surface area contributed by atoms with Crippen molar-refractivity contribution in [2.24, 2.45) is 0 Å². The van der Waals surface area contributed by atoms with Crippen LogP contribution in [0.15, 0.2) is 12.1 Å². The van der Waals surface area contributed by atoms with Crippen LogP contribution in [0.4, 0.5) is 0 Å². The average Bonchev–Trinajstić information content (AvgIpc) is 2.03. The third kappa shape index (κ3) is 2.21. The van der Waals surface area contributed by atoms with Gasteiger partial charge < -0.3 is 0 Å². The SMILES string of the molecule is CCc1cc(C(C)C)cc(Cl)n1. The molecule has 0 N–H and O–H groups in total. The van der Waals surface area contributed by atoms with Crippen LogP contribution in [0.1, 0.15) is 37.9 Å². The first-order valence-electron chi connectivity index (χ1n) is 4.29. The number of aryl methyl sites for hydroxylation is 1. The Morgan fingerprint density at radius 3 is 2.58 bits per heavy atom. The van der Waals surface area contributed by atoms with Gasteiger partial charge in [-0.05, 0) is 30.0 Å². The van der Waals surface area contributed by atoms with Crippen molar-refractivity contribution in [2.75, 3.05) is 0 Å². The number of halogens is 1. The molecule has 0 fully saturated rings. The van der Waals surface area contributed by atoms with Crippen LogP contribution >= 0.6 is 11.6 Å². The first-order valence-corrected chi connectivity index (χ1v) is 4.67. The minimum Gasteiger partial charge on any atom is -0.241 e. The summed E-state index contributed by atoms with van der Waals surface area (Å²) >= 11 is 5.86. The second-order valence-electron chi connectivity index (χ2n) is 3.22. The van der Waals surface area contributed by atoms with Crippen LogP contribution in [-0.2, 0) is 6.42 Å². The Bertz CT molecular complexity index is 269. The van der Waals surface area contributed by atoms with Crippen molar-refractivity contribution in [1.82, 2.24) is 4.98 Å². The molecule has 1 rings (SSSR count). The summed E-state index contributed by atoms with van der Waals surface area (Å²) in [5.41, 5.74) is 2.35. The smallest absolute Gasteiger partial charge is 0.129 e. The maximum Gasteiger partial charge on any atom is 0.129 e. The lowest BCUT2D eigenvalue weighted by Crippen LogP contribution is -1.93. The fourth-order valence-electron chi connectivity index (χ4n) is 1.09. The Morgan fingerprint density at radius 1 is 1.42 bits per heavy atom. The highest BCUT2D eigenvalue weighted by atomic mass is 35.5. The highest BCUT2D eigenvalue weighted by Crippen LogP contribution is 2.18. The van der Waals surface area contributed by atoms with E-state index in [0.717, 1.165) is 12.1 Å². The minimum atomic E-state index is 0.524. The zero-order valence-corrected chi connectivity index (χ0v) is 8.52. The molecule has 0 atom stereocenters. The lowest BCUT2D eigenvalue weighted by molar-refractivity contribution is 0.854. The molecule has 0 aliphatic carbocycles. The highest BCUT2D eigenvalue weighted by Gasteiger charge is 2.02. The summed E-state index contributed by atoms with van der Waals surface area (Å²) < 4.78 is 0. The standard InChI is InChI=1S/C10H14ClN/c1-4-9-5-8(7(2)3)6-10(11)12-9/h5-7H,4H2,1-3H3. The van der Waals surface area contributed by atoms with E-state index in [-0.39, 0.29) is 0 Å². The van der Waals surface area contributed by atoms with E-state index < -0.39 is 0 Å². The molecular formula is C10H14ClN. The Labute approximate surface area is 78.8 Å². The predicted octanol–water partition coefficient (Wildman–Crippen LogP) is 3.42. The van der Waals surface area contributed by atoms with E-state index in [1.54, 1.807) is 0 Å². The summed E-state index contributed by atoms with van der Waals surface area (Å²) in [5, 5.41) is 0.609. The van der Waals surface area contributed by atoms with Crippen molar-refractivity contribution in [2.45, 2.75) is 33.1 Å². The van der Waals surface area contributed by atoms with Crippen molar-refractivity contribution in [3.8, 4) is 0 Å². The van der Waals surface area contributed by atoms with Crippen LogP contribution in [0.25, 0.3) is 0 Å². The van der Waals surface area contributed by atoms with Gasteiger partial charge in [-0.3, -0.25) is 0 Å². The van der Waals surface area contributed by atoms with Crippen molar-refractivity contribution in [3.63, 3.8) is 0 Å². The minimum absolute atomic E-state index is 0.524. The molecule has 0 spiro atoms. The highest BCUT2D eigenvalue weighted by molar-refractivity contribution is 6.29. The zero-order chi connectivity index (χ0) is 9.14. The van der Waals surface area contributed by atoms with Crippen LogP contribution in [0.3, 0.4) is 0 Å². The Morgan fingerprint density at radius 2 is 2.08 bits per heavy atom. The molecule has 0 radical (unpaired) electrons. The van der Waals surface area contributed by atoms with E-state index in [1.165, 1.54) is 5.56 Å². The molecule has 0 aliphatic rings. The van der Waals surface area contributed by atoms with Crippen LogP contribution < -0.4 is 0 Å². The molecular weight excluding hydrogens is 170 g/mol. The van der Waals surface area contributed by atoms with E-state index in [4.69, 9.17) is 11.6 Å². The summed E-state index contributed by atoms with van der Waals surface area (Å²) in [4.78, 5) is 4.20. The Balaban J connectivity index is 3.06. The van der Waals surface area contributed by atoms with Crippen molar-refractivity contribution in [1.29, 1.82) is 0 Å². The van der Waals surface area contributed by atoms with Gasteiger partial charge in [-0.25, -0.2) is 4.98 Å². The molecule has 1 nitrogen and oxygen atoms in total. The predicted molar refractivity (Wildman–Crippen MR) is 52.7 cm³/mol. The van der Waals surface area contributed by atoms with E-state index in [2.05, 4.69) is 31.8 Å². The first-order chi connectivity index (χ1) is 5.63. The monoisotopic (exact) mass is 183 g/mol. The van der Waals surface area contributed by atoms with E-state index in [1.807, 2.05) is 6.07 Å². The number of rotatable bonds is 2. The number of nitrogens with zero attached hydrogens (tertiary/aromatic N) is 1. The van der Waals surface area contributed by atoms with Crippen molar-refractivity contribution >= 4 is 11.6 Å². The molecule has 1 aromatic heterocycles. The molecule has 12 heavy (non-hydrogen) atoms. The van der Waals surface area contributed by atoms with Crippen molar-refractivity contribution < 1.29 is 0 Å². The van der Waals surface area contributed by atoms with Gasteiger partial charge in [0.15, 0.2) is 0 Å². The van der Waals surface area contributed by atoms with Gasteiger partial charge in [0.2, 0.25) is 0 Å². The third-order valence-corrected chi connectivity index (χ3v) is 2.09. The second kappa shape index (κ2) is 3.90. The van der Waals surface area contributed by atoms with Gasteiger partial charge in [-0.2, -0.15) is 0 Å². The number of pyridine rings is 1. The lowest BCUT2D eigenvalue weighted by Gasteiger charge is -2.07. The van der Waals surface area contributed by atoms with Gasteiger partial charge in [0.25, 0.3) is 0 Å². The maximum absolute atomic E-state index is 5.86. The van der Waals surface area contributed by atoms with Crippen LogP contribution in [0.5, 0.6) is 0 Å². The number of aromatic nitrogens is 1. The number of hydrogen-bond donors (Lipinski definition) is 0. The van der Waals surface area contributed by atoms with E-state index >= 15 is 0 Å². The number of hydrogen-bond acceptors (Lipinski definition) is 1. The first kappa shape index (κ1) is 9.53. The molecule has 2 heteroatoms. The summed E-state index contributed by atoms with van der Waals surface area (Å²) in [6.45, 7) is 6.40. The largest absolute Gasteiger partial charge is 0.241 e. The Hall–Kier alpha value is -0.560. The molecule has 0 saturated heterocycles. The average molecular weight is 184 g/mol. The van der Waals surface area contributed by atoms with Gasteiger partial charge in [0.05, 0.1) is 0 Å². The summed E-state index contributed by atoms with van der Waals surface area (Å²) in [6.07, 6.45) is 0.945. The van der Waals surface area contributed by atoms with Gasteiger partial charge >= 0.3 is 0 Å². The maximum atomic E-state index is 5.86. The van der Waals surface area contributed by atoms with Crippen LogP contribution in [-0.4, -0.2) is 4.98 Å². The molecule has 66 valence electrons. The lowest BCUT2D eigenvalue weighted by atomic mass is 10.0. The molecule has 1 aromatic rings. The Kier molecular flexibility index (Phi) is 3.10. The van der Waals surface area contributed by atoms with Gasteiger partial charge in [-0.1, -0.05) is 32.4 Å². The van der Waals surface area contributed by atoms with Crippen LogP contribution in [0.2, 0.25) is 5.15 Å². The molecule has 0 bridgehead atoms. The van der Waals surface area contributed by atoms with E-state index in [9.17, 15) is 0 Å². The summed E-state index contributed by atoms with van der Waals surface area (Å²) in [5.74, 6) is 0.524. The molecule has 0 aliphatic heterocycles. The molecule has 0 aromatic carbocycles. The fraction of sp³-hybridized carbons (Fsp3) is 0.500. The van der Waals surface area contributed by atoms with Gasteiger partial charge in [0.1, 0.15) is 5.15 Å². The normalized spacial score (nSPS) is 10.8. The van der Waals surface area contributed by atoms with Crippen molar-refractivity contribution in [3.05, 3.63) is 28.5 Å². The van der Waals surface area contributed by atoms with Gasteiger partial charge in [-0.15, -0.1) is 0 Å². The summed E-state index contributed by atoms with van der Waals surface area (Å²) in [6, 6.07) is 4.06. The van der Waals surface area contributed by atoms with Crippen LogP contribution in [0, 0.1) is 0 Å². The quantitative estimate of drug-likeness (QED) is 0.641. The second-order valence-corrected chi connectivity index (χ2v) is 3.61.